The quantitative estimate of drug-likeness (QED) is 0.622. The number of nitro groups is 1. The Morgan fingerprint density at radius 2 is 2.22 bits per heavy atom. The predicted molar refractivity (Wildman–Crippen MR) is 102 cm³/mol. The van der Waals surface area contributed by atoms with Crippen LogP contribution in [0.4, 0.5) is 5.69 Å². The molecule has 1 aromatic heterocycles. The largest absolute Gasteiger partial charge is 0.350 e. The van der Waals surface area contributed by atoms with Crippen LogP contribution >= 0.6 is 0 Å². The van der Waals surface area contributed by atoms with E-state index in [1.165, 1.54) is 16.8 Å². The van der Waals surface area contributed by atoms with Crippen molar-refractivity contribution in [2.45, 2.75) is 32.7 Å². The number of carbonyl (C=O) groups excluding carboxylic acids is 1. The average Bonchev–Trinajstić information content (AvgIpc) is 3.17. The average molecular weight is 371 g/mol. The number of benzene rings is 1. The highest BCUT2D eigenvalue weighted by Gasteiger charge is 2.22. The molecule has 1 aromatic carbocycles. The van der Waals surface area contributed by atoms with Crippen LogP contribution in [0, 0.1) is 16.0 Å². The lowest BCUT2D eigenvalue weighted by Gasteiger charge is -2.35. The SMILES string of the molecule is CC(C)N1CCC[C@H](CNC(=O)c2ccn(-c3cccc([N+](=O)[O-])c3)n2)C1. The van der Waals surface area contributed by atoms with Gasteiger partial charge in [-0.1, -0.05) is 6.07 Å². The molecule has 3 rings (SSSR count). The maximum Gasteiger partial charge on any atom is 0.271 e. The first kappa shape index (κ1) is 19.0. The molecule has 0 aliphatic carbocycles. The van der Waals surface area contributed by atoms with E-state index >= 15 is 0 Å². The van der Waals surface area contributed by atoms with Crippen molar-refractivity contribution in [1.82, 2.24) is 20.0 Å². The second-order valence-corrected chi connectivity index (χ2v) is 7.23. The number of amides is 1. The van der Waals surface area contributed by atoms with E-state index < -0.39 is 4.92 Å². The minimum Gasteiger partial charge on any atom is -0.350 e. The Kier molecular flexibility index (Phi) is 5.85. The number of nitrogens with one attached hydrogen (secondary N) is 1. The molecule has 1 N–H and O–H groups in total. The summed E-state index contributed by atoms with van der Waals surface area (Å²) in [5, 5.41) is 18.1. The Bertz CT molecular complexity index is 817. The van der Waals surface area contributed by atoms with Gasteiger partial charge in [0.2, 0.25) is 0 Å². The van der Waals surface area contributed by atoms with E-state index in [0.717, 1.165) is 25.9 Å². The van der Waals surface area contributed by atoms with Gasteiger partial charge in [-0.3, -0.25) is 14.9 Å². The molecule has 1 aliphatic heterocycles. The summed E-state index contributed by atoms with van der Waals surface area (Å²) in [5.41, 5.74) is 0.835. The number of nitrogens with zero attached hydrogens (tertiary/aromatic N) is 4. The zero-order valence-electron chi connectivity index (χ0n) is 15.7. The first-order valence-corrected chi connectivity index (χ1v) is 9.27. The van der Waals surface area contributed by atoms with Crippen molar-refractivity contribution in [2.24, 2.45) is 5.92 Å². The van der Waals surface area contributed by atoms with Gasteiger partial charge in [0.1, 0.15) is 0 Å². The lowest BCUT2D eigenvalue weighted by atomic mass is 9.97. The molecule has 0 spiro atoms. The Morgan fingerprint density at radius 1 is 1.41 bits per heavy atom. The third-order valence-corrected chi connectivity index (χ3v) is 4.96. The highest BCUT2D eigenvalue weighted by atomic mass is 16.6. The van der Waals surface area contributed by atoms with Crippen molar-refractivity contribution in [3.63, 3.8) is 0 Å². The van der Waals surface area contributed by atoms with Gasteiger partial charge in [-0.05, 0) is 51.3 Å². The highest BCUT2D eigenvalue weighted by Crippen LogP contribution is 2.18. The highest BCUT2D eigenvalue weighted by molar-refractivity contribution is 5.92. The molecule has 2 aromatic rings. The fraction of sp³-hybridized carbons (Fsp3) is 0.474. The summed E-state index contributed by atoms with van der Waals surface area (Å²) < 4.78 is 1.48. The first-order valence-electron chi connectivity index (χ1n) is 9.27. The Labute approximate surface area is 158 Å². The summed E-state index contributed by atoms with van der Waals surface area (Å²) in [6.45, 7) is 7.14. The van der Waals surface area contributed by atoms with Crippen LogP contribution in [0.5, 0.6) is 0 Å². The Morgan fingerprint density at radius 3 is 2.96 bits per heavy atom. The van der Waals surface area contributed by atoms with E-state index in [-0.39, 0.29) is 11.6 Å². The molecular weight excluding hydrogens is 346 g/mol. The number of hydrogen-bond donors (Lipinski definition) is 1. The predicted octanol–water partition coefficient (Wildman–Crippen LogP) is 2.63. The van der Waals surface area contributed by atoms with Gasteiger partial charge in [0.05, 0.1) is 10.6 Å². The van der Waals surface area contributed by atoms with Crippen molar-refractivity contribution < 1.29 is 9.72 Å². The summed E-state index contributed by atoms with van der Waals surface area (Å²) in [6.07, 6.45) is 3.90. The summed E-state index contributed by atoms with van der Waals surface area (Å²) in [7, 11) is 0. The number of carbonyl (C=O) groups is 1. The molecule has 1 aliphatic rings. The number of nitro benzene ring substituents is 1. The standard InChI is InChI=1S/C19H25N5O3/c1-14(2)22-9-4-5-15(13-22)12-20-19(25)18-8-10-23(21-18)16-6-3-7-17(11-16)24(26)27/h3,6-8,10-11,14-15H,4-5,9,12-13H2,1-2H3,(H,20,25)/t15-/m1/s1. The van der Waals surface area contributed by atoms with Crippen LogP contribution in [-0.2, 0) is 0 Å². The van der Waals surface area contributed by atoms with Crippen LogP contribution < -0.4 is 5.32 Å². The molecular formula is C19H25N5O3. The first-order chi connectivity index (χ1) is 12.9. The zero-order valence-corrected chi connectivity index (χ0v) is 15.7. The maximum absolute atomic E-state index is 12.4. The van der Waals surface area contributed by atoms with Gasteiger partial charge in [0.25, 0.3) is 11.6 Å². The molecule has 2 heterocycles. The molecule has 8 nitrogen and oxygen atoms in total. The summed E-state index contributed by atoms with van der Waals surface area (Å²) in [6, 6.07) is 8.30. The molecule has 1 fully saturated rings. The smallest absolute Gasteiger partial charge is 0.271 e. The minimum atomic E-state index is -0.453. The molecule has 0 saturated carbocycles. The number of likely N-dealkylation sites (tertiary alicyclic amines) is 1. The number of piperidine rings is 1. The molecule has 1 amide bonds. The van der Waals surface area contributed by atoms with Crippen LogP contribution in [-0.4, -0.2) is 51.2 Å². The molecule has 1 saturated heterocycles. The van der Waals surface area contributed by atoms with E-state index in [0.29, 0.717) is 29.9 Å². The van der Waals surface area contributed by atoms with Crippen LogP contribution in [0.1, 0.15) is 37.2 Å². The second-order valence-electron chi connectivity index (χ2n) is 7.23. The number of hydrogen-bond acceptors (Lipinski definition) is 5. The van der Waals surface area contributed by atoms with Gasteiger partial charge in [-0.15, -0.1) is 0 Å². The maximum atomic E-state index is 12.4. The van der Waals surface area contributed by atoms with E-state index in [1.54, 1.807) is 24.4 Å². The van der Waals surface area contributed by atoms with Crippen molar-refractivity contribution in [2.75, 3.05) is 19.6 Å². The lowest BCUT2D eigenvalue weighted by molar-refractivity contribution is -0.384. The van der Waals surface area contributed by atoms with Crippen molar-refractivity contribution >= 4 is 11.6 Å². The number of non-ortho nitro benzene ring substituents is 1. The molecule has 144 valence electrons. The fourth-order valence-corrected chi connectivity index (χ4v) is 3.40. The van der Waals surface area contributed by atoms with Crippen LogP contribution in [0.15, 0.2) is 36.5 Å². The van der Waals surface area contributed by atoms with Crippen molar-refractivity contribution in [1.29, 1.82) is 0 Å². The molecule has 27 heavy (non-hydrogen) atoms. The van der Waals surface area contributed by atoms with E-state index in [9.17, 15) is 14.9 Å². The van der Waals surface area contributed by atoms with Crippen LogP contribution in [0.25, 0.3) is 5.69 Å². The molecule has 8 heteroatoms. The van der Waals surface area contributed by atoms with Crippen LogP contribution in [0.3, 0.4) is 0 Å². The number of aromatic nitrogens is 2. The summed E-state index contributed by atoms with van der Waals surface area (Å²) >= 11 is 0. The summed E-state index contributed by atoms with van der Waals surface area (Å²) in [5.74, 6) is 0.227. The van der Waals surface area contributed by atoms with Gasteiger partial charge in [0, 0.05) is 37.5 Å². The lowest BCUT2D eigenvalue weighted by Crippen LogP contribution is -2.43. The monoisotopic (exact) mass is 371 g/mol. The molecule has 0 radical (unpaired) electrons. The Balaban J connectivity index is 1.60. The van der Waals surface area contributed by atoms with E-state index in [1.807, 2.05) is 0 Å². The third-order valence-electron chi connectivity index (χ3n) is 4.96. The van der Waals surface area contributed by atoms with E-state index in [2.05, 4.69) is 29.2 Å². The van der Waals surface area contributed by atoms with Gasteiger partial charge in [0.15, 0.2) is 5.69 Å². The molecule has 0 unspecified atom stereocenters. The van der Waals surface area contributed by atoms with Gasteiger partial charge < -0.3 is 10.2 Å². The van der Waals surface area contributed by atoms with E-state index in [4.69, 9.17) is 0 Å². The topological polar surface area (TPSA) is 93.3 Å². The second kappa shape index (κ2) is 8.30. The minimum absolute atomic E-state index is 0.0130. The fourth-order valence-electron chi connectivity index (χ4n) is 3.40. The zero-order chi connectivity index (χ0) is 19.4. The molecule has 1 atom stereocenters. The summed E-state index contributed by atoms with van der Waals surface area (Å²) in [4.78, 5) is 25.3. The third kappa shape index (κ3) is 4.71. The van der Waals surface area contributed by atoms with Gasteiger partial charge in [-0.25, -0.2) is 4.68 Å². The Hall–Kier alpha value is -2.74. The van der Waals surface area contributed by atoms with Crippen molar-refractivity contribution in [3.8, 4) is 5.69 Å². The normalized spacial score (nSPS) is 17.8. The van der Waals surface area contributed by atoms with Crippen LogP contribution in [0.2, 0.25) is 0 Å². The molecule has 0 bridgehead atoms. The van der Waals surface area contributed by atoms with Crippen molar-refractivity contribution in [3.05, 3.63) is 52.3 Å². The van der Waals surface area contributed by atoms with Gasteiger partial charge in [-0.2, -0.15) is 5.10 Å². The van der Waals surface area contributed by atoms with Gasteiger partial charge >= 0.3 is 0 Å². The number of rotatable bonds is 6.